The van der Waals surface area contributed by atoms with Gasteiger partial charge in [0.15, 0.2) is 0 Å². The summed E-state index contributed by atoms with van der Waals surface area (Å²) in [7, 11) is 0. The molecule has 0 aliphatic rings. The SMILES string of the molecule is Cc1cc(C(=O)Nc2ccccc2OC(C)C)nc(Nc2cccc(C#N)c2)n1. The lowest BCUT2D eigenvalue weighted by molar-refractivity contribution is 0.102. The molecule has 146 valence electrons. The van der Waals surface area contributed by atoms with Crippen molar-refractivity contribution >= 4 is 23.2 Å². The molecule has 7 heteroatoms. The molecule has 0 radical (unpaired) electrons. The molecule has 0 saturated carbocycles. The van der Waals surface area contributed by atoms with E-state index < -0.39 is 0 Å². The number of carbonyl (C=O) groups excluding carboxylic acids is 1. The molecule has 1 amide bonds. The Kier molecular flexibility index (Phi) is 6.05. The molecule has 0 atom stereocenters. The predicted molar refractivity (Wildman–Crippen MR) is 111 cm³/mol. The zero-order chi connectivity index (χ0) is 20.8. The highest BCUT2D eigenvalue weighted by molar-refractivity contribution is 6.03. The van der Waals surface area contributed by atoms with Crippen LogP contribution in [0, 0.1) is 18.3 Å². The fraction of sp³-hybridized carbons (Fsp3) is 0.182. The van der Waals surface area contributed by atoms with Crippen LogP contribution in [0.15, 0.2) is 54.6 Å². The molecular weight excluding hydrogens is 366 g/mol. The summed E-state index contributed by atoms with van der Waals surface area (Å²) in [6.07, 6.45) is -0.0191. The molecule has 2 N–H and O–H groups in total. The first-order chi connectivity index (χ1) is 13.9. The third kappa shape index (κ3) is 5.30. The van der Waals surface area contributed by atoms with E-state index in [9.17, 15) is 4.79 Å². The van der Waals surface area contributed by atoms with Gasteiger partial charge in [-0.25, -0.2) is 9.97 Å². The van der Waals surface area contributed by atoms with Gasteiger partial charge in [-0.1, -0.05) is 18.2 Å². The lowest BCUT2D eigenvalue weighted by atomic mass is 10.2. The third-order valence-electron chi connectivity index (χ3n) is 3.83. The molecule has 1 heterocycles. The van der Waals surface area contributed by atoms with Crippen LogP contribution in [-0.4, -0.2) is 22.0 Å². The summed E-state index contributed by atoms with van der Waals surface area (Å²) in [6, 6.07) is 17.9. The van der Waals surface area contributed by atoms with Crippen LogP contribution in [0.25, 0.3) is 0 Å². The monoisotopic (exact) mass is 387 g/mol. The van der Waals surface area contributed by atoms with Crippen LogP contribution in [0.1, 0.15) is 35.6 Å². The van der Waals surface area contributed by atoms with E-state index in [0.717, 1.165) is 0 Å². The summed E-state index contributed by atoms with van der Waals surface area (Å²) < 4.78 is 5.74. The Labute approximate surface area is 169 Å². The van der Waals surface area contributed by atoms with Crippen molar-refractivity contribution in [3.63, 3.8) is 0 Å². The first kappa shape index (κ1) is 19.8. The van der Waals surface area contributed by atoms with Crippen molar-refractivity contribution in [2.24, 2.45) is 0 Å². The molecule has 0 unspecified atom stereocenters. The van der Waals surface area contributed by atoms with E-state index >= 15 is 0 Å². The van der Waals surface area contributed by atoms with Crippen molar-refractivity contribution in [3.8, 4) is 11.8 Å². The number of nitriles is 1. The minimum absolute atomic E-state index is 0.0191. The second-order valence-electron chi connectivity index (χ2n) is 6.65. The zero-order valence-electron chi connectivity index (χ0n) is 16.4. The highest BCUT2D eigenvalue weighted by Gasteiger charge is 2.14. The van der Waals surface area contributed by atoms with Crippen molar-refractivity contribution in [1.29, 1.82) is 5.26 Å². The molecule has 1 aromatic heterocycles. The maximum absolute atomic E-state index is 12.8. The van der Waals surface area contributed by atoms with Crippen LogP contribution < -0.4 is 15.4 Å². The number of nitrogens with one attached hydrogen (secondary N) is 2. The van der Waals surface area contributed by atoms with Crippen LogP contribution >= 0.6 is 0 Å². The van der Waals surface area contributed by atoms with Gasteiger partial charge in [0, 0.05) is 11.4 Å². The average Bonchev–Trinajstić information content (AvgIpc) is 2.68. The van der Waals surface area contributed by atoms with Crippen molar-refractivity contribution in [2.75, 3.05) is 10.6 Å². The van der Waals surface area contributed by atoms with Gasteiger partial charge in [-0.3, -0.25) is 4.79 Å². The smallest absolute Gasteiger partial charge is 0.274 e. The second-order valence-corrected chi connectivity index (χ2v) is 6.65. The Bertz CT molecular complexity index is 1070. The summed E-state index contributed by atoms with van der Waals surface area (Å²) in [6.45, 7) is 5.63. The number of amides is 1. The number of aromatic nitrogens is 2. The summed E-state index contributed by atoms with van der Waals surface area (Å²) in [5.41, 5.74) is 2.60. The third-order valence-corrected chi connectivity index (χ3v) is 3.83. The molecule has 0 bridgehead atoms. The minimum atomic E-state index is -0.371. The highest BCUT2D eigenvalue weighted by Crippen LogP contribution is 2.25. The van der Waals surface area contributed by atoms with Gasteiger partial charge >= 0.3 is 0 Å². The topological polar surface area (TPSA) is 99.9 Å². The van der Waals surface area contributed by atoms with Crippen molar-refractivity contribution in [3.05, 3.63) is 71.5 Å². The quantitative estimate of drug-likeness (QED) is 0.649. The van der Waals surface area contributed by atoms with E-state index in [1.807, 2.05) is 26.0 Å². The number of carbonyl (C=O) groups is 1. The Morgan fingerprint density at radius 1 is 1.10 bits per heavy atom. The maximum Gasteiger partial charge on any atom is 0.274 e. The Balaban J connectivity index is 1.82. The molecular formula is C22H21N5O2. The van der Waals surface area contributed by atoms with Gasteiger partial charge in [-0.15, -0.1) is 0 Å². The van der Waals surface area contributed by atoms with E-state index in [4.69, 9.17) is 10.00 Å². The molecule has 0 aliphatic heterocycles. The molecule has 3 aromatic rings. The van der Waals surface area contributed by atoms with Gasteiger partial charge in [-0.05, 0) is 57.2 Å². The molecule has 0 aliphatic carbocycles. The van der Waals surface area contributed by atoms with Crippen LogP contribution in [0.3, 0.4) is 0 Å². The van der Waals surface area contributed by atoms with E-state index in [-0.39, 0.29) is 23.7 Å². The number of rotatable bonds is 6. The van der Waals surface area contributed by atoms with Crippen LogP contribution in [0.4, 0.5) is 17.3 Å². The number of ether oxygens (including phenoxy) is 1. The minimum Gasteiger partial charge on any atom is -0.489 e. The first-order valence-electron chi connectivity index (χ1n) is 9.14. The number of aryl methyl sites for hydroxylation is 1. The first-order valence-corrected chi connectivity index (χ1v) is 9.14. The van der Waals surface area contributed by atoms with E-state index in [2.05, 4.69) is 26.7 Å². The largest absolute Gasteiger partial charge is 0.489 e. The zero-order valence-corrected chi connectivity index (χ0v) is 16.4. The summed E-state index contributed by atoms with van der Waals surface area (Å²) in [5.74, 6) is 0.495. The van der Waals surface area contributed by atoms with Crippen molar-refractivity contribution < 1.29 is 9.53 Å². The number of para-hydroxylation sites is 2. The summed E-state index contributed by atoms with van der Waals surface area (Å²) >= 11 is 0. The van der Waals surface area contributed by atoms with E-state index in [1.54, 1.807) is 49.4 Å². The number of anilines is 3. The van der Waals surface area contributed by atoms with Gasteiger partial charge in [0.25, 0.3) is 5.91 Å². The van der Waals surface area contributed by atoms with Gasteiger partial charge < -0.3 is 15.4 Å². The van der Waals surface area contributed by atoms with Gasteiger partial charge in [0.2, 0.25) is 5.95 Å². The molecule has 3 rings (SSSR count). The Morgan fingerprint density at radius 3 is 2.66 bits per heavy atom. The van der Waals surface area contributed by atoms with Crippen LogP contribution in [0.2, 0.25) is 0 Å². The number of nitrogens with zero attached hydrogens (tertiary/aromatic N) is 3. The van der Waals surface area contributed by atoms with E-state index in [1.165, 1.54) is 0 Å². The predicted octanol–water partition coefficient (Wildman–Crippen LogP) is 4.44. The van der Waals surface area contributed by atoms with Gasteiger partial charge in [0.1, 0.15) is 11.4 Å². The van der Waals surface area contributed by atoms with E-state index in [0.29, 0.717) is 28.4 Å². The van der Waals surface area contributed by atoms with Crippen molar-refractivity contribution in [1.82, 2.24) is 9.97 Å². The second kappa shape index (κ2) is 8.85. The normalized spacial score (nSPS) is 10.3. The summed E-state index contributed by atoms with van der Waals surface area (Å²) in [5, 5.41) is 14.9. The molecule has 0 spiro atoms. The van der Waals surface area contributed by atoms with Crippen LogP contribution in [0.5, 0.6) is 5.75 Å². The highest BCUT2D eigenvalue weighted by atomic mass is 16.5. The molecule has 7 nitrogen and oxygen atoms in total. The average molecular weight is 387 g/mol. The molecule has 2 aromatic carbocycles. The molecule has 29 heavy (non-hydrogen) atoms. The number of hydrogen-bond donors (Lipinski definition) is 2. The van der Waals surface area contributed by atoms with Gasteiger partial charge in [0.05, 0.1) is 23.4 Å². The van der Waals surface area contributed by atoms with Crippen LogP contribution in [-0.2, 0) is 0 Å². The maximum atomic E-state index is 12.8. The lowest BCUT2D eigenvalue weighted by Gasteiger charge is -2.15. The van der Waals surface area contributed by atoms with Crippen molar-refractivity contribution in [2.45, 2.75) is 26.9 Å². The number of hydrogen-bond acceptors (Lipinski definition) is 6. The lowest BCUT2D eigenvalue weighted by Crippen LogP contribution is -2.17. The molecule has 0 saturated heterocycles. The Morgan fingerprint density at radius 2 is 1.90 bits per heavy atom. The molecule has 0 fully saturated rings. The van der Waals surface area contributed by atoms with Gasteiger partial charge in [-0.2, -0.15) is 5.26 Å². The fourth-order valence-corrected chi connectivity index (χ4v) is 2.65. The number of benzene rings is 2. The Hall–Kier alpha value is -3.92. The summed E-state index contributed by atoms with van der Waals surface area (Å²) in [4.78, 5) is 21.4. The fourth-order valence-electron chi connectivity index (χ4n) is 2.65. The standard InChI is InChI=1S/C22H21N5O2/c1-14(2)29-20-10-5-4-9-18(20)26-21(28)19-11-15(3)24-22(27-19)25-17-8-6-7-16(12-17)13-23/h4-12,14H,1-3H3,(H,26,28)(H,24,25,27).